The second-order valence-corrected chi connectivity index (χ2v) is 9.66. The molecule has 0 aliphatic heterocycles. The van der Waals surface area contributed by atoms with E-state index >= 15 is 0 Å². The van der Waals surface area contributed by atoms with Crippen LogP contribution in [0.15, 0.2) is 61.6 Å². The van der Waals surface area contributed by atoms with Gasteiger partial charge in [0.15, 0.2) is 0 Å². The molecule has 4 rings (SSSR count). The highest BCUT2D eigenvalue weighted by atomic mass is 79.9. The van der Waals surface area contributed by atoms with Crippen LogP contribution in [0, 0.1) is 0 Å². The number of hydrogen-bond acceptors (Lipinski definition) is 4. The normalized spacial score (nSPS) is 11.7. The van der Waals surface area contributed by atoms with E-state index in [1.807, 2.05) is 42.5 Å². The van der Waals surface area contributed by atoms with Gasteiger partial charge < -0.3 is 14.7 Å². The van der Waals surface area contributed by atoms with Crippen molar-refractivity contribution < 1.29 is 4.74 Å². The largest absolute Gasteiger partial charge is 0.494 e. The number of halogens is 1. The first-order valence-corrected chi connectivity index (χ1v) is 13.1. The van der Waals surface area contributed by atoms with Gasteiger partial charge >= 0.3 is 11.2 Å². The first kappa shape index (κ1) is 25.0. The maximum atomic E-state index is 12.9. The highest BCUT2D eigenvalue weighted by Crippen LogP contribution is 2.24. The Balaban J connectivity index is 1.35. The molecule has 0 aliphatic rings. The van der Waals surface area contributed by atoms with Crippen molar-refractivity contribution in [2.24, 2.45) is 5.10 Å². The summed E-state index contributed by atoms with van der Waals surface area (Å²) in [4.78, 5) is 31.3. The van der Waals surface area contributed by atoms with E-state index in [4.69, 9.17) is 4.74 Å². The van der Waals surface area contributed by atoms with Crippen LogP contribution in [0.4, 0.5) is 0 Å². The summed E-state index contributed by atoms with van der Waals surface area (Å²) >= 11 is 3.42. The van der Waals surface area contributed by atoms with Gasteiger partial charge in [0, 0.05) is 15.4 Å². The Bertz CT molecular complexity index is 1420. The summed E-state index contributed by atoms with van der Waals surface area (Å²) in [7, 11) is 0. The van der Waals surface area contributed by atoms with Crippen molar-refractivity contribution in [2.45, 2.75) is 58.3 Å². The van der Waals surface area contributed by atoms with Gasteiger partial charge in [0.25, 0.3) is 0 Å². The number of fused-ring (bicyclic) bond motifs is 3. The Labute approximate surface area is 212 Å². The minimum absolute atomic E-state index is 0.305. The first-order chi connectivity index (χ1) is 17.1. The van der Waals surface area contributed by atoms with Crippen molar-refractivity contribution in [3.8, 4) is 5.75 Å². The van der Waals surface area contributed by atoms with Crippen molar-refractivity contribution >= 4 is 44.1 Å². The van der Waals surface area contributed by atoms with Crippen molar-refractivity contribution in [1.82, 2.24) is 14.6 Å². The third-order valence-electron chi connectivity index (χ3n) is 6.06. The molecule has 2 aromatic heterocycles. The smallest absolute Gasteiger partial charge is 0.350 e. The molecule has 4 aromatic rings. The van der Waals surface area contributed by atoms with Crippen LogP contribution in [-0.2, 0) is 0 Å². The molecule has 0 amide bonds. The predicted octanol–water partition coefficient (Wildman–Crippen LogP) is 6.34. The highest BCUT2D eigenvalue weighted by molar-refractivity contribution is 9.10. The molecule has 7 nitrogen and oxygen atoms in total. The minimum Gasteiger partial charge on any atom is -0.494 e. The van der Waals surface area contributed by atoms with E-state index in [2.05, 4.69) is 37.9 Å². The van der Waals surface area contributed by atoms with Crippen LogP contribution in [0.25, 0.3) is 21.9 Å². The lowest BCUT2D eigenvalue weighted by Gasteiger charge is -2.06. The fourth-order valence-electron chi connectivity index (χ4n) is 4.12. The lowest BCUT2D eigenvalue weighted by atomic mass is 10.1. The van der Waals surface area contributed by atoms with Crippen LogP contribution in [0.1, 0.15) is 63.9 Å². The molecule has 184 valence electrons. The average Bonchev–Trinajstić information content (AvgIpc) is 3.21. The van der Waals surface area contributed by atoms with Gasteiger partial charge in [-0.05, 0) is 54.4 Å². The lowest BCUT2D eigenvalue weighted by Crippen LogP contribution is -2.32. The molecule has 0 fully saturated rings. The van der Waals surface area contributed by atoms with Gasteiger partial charge in [-0.25, -0.2) is 4.79 Å². The summed E-state index contributed by atoms with van der Waals surface area (Å²) in [6.07, 6.45) is 11.6. The third kappa shape index (κ3) is 6.31. The monoisotopic (exact) mass is 538 g/mol. The molecule has 2 heterocycles. The van der Waals surface area contributed by atoms with Crippen LogP contribution < -0.4 is 16.0 Å². The lowest BCUT2D eigenvalue weighted by molar-refractivity contribution is 0.304. The Morgan fingerprint density at radius 2 is 1.63 bits per heavy atom. The van der Waals surface area contributed by atoms with E-state index in [9.17, 15) is 9.59 Å². The van der Waals surface area contributed by atoms with Gasteiger partial charge in [0.05, 0.1) is 18.3 Å². The Hall–Kier alpha value is -3.13. The summed E-state index contributed by atoms with van der Waals surface area (Å²) < 4.78 is 7.52. The Kier molecular flexibility index (Phi) is 8.58. The van der Waals surface area contributed by atoms with E-state index in [1.54, 1.807) is 0 Å². The van der Waals surface area contributed by atoms with Gasteiger partial charge in [0.1, 0.15) is 11.3 Å². The molecule has 2 N–H and O–H groups in total. The second-order valence-electron chi connectivity index (χ2n) is 8.75. The van der Waals surface area contributed by atoms with E-state index in [-0.39, 0.29) is 0 Å². The Morgan fingerprint density at radius 1 is 0.914 bits per heavy atom. The van der Waals surface area contributed by atoms with E-state index in [1.165, 1.54) is 51.2 Å². The van der Waals surface area contributed by atoms with Crippen LogP contribution in [0.2, 0.25) is 0 Å². The number of nitrogens with one attached hydrogen (secondary N) is 2. The van der Waals surface area contributed by atoms with Crippen molar-refractivity contribution in [3.63, 3.8) is 0 Å². The number of hydrogen-bond donors (Lipinski definition) is 2. The number of aromatic nitrogens is 3. The molecule has 8 heteroatoms. The molecule has 0 saturated carbocycles. The number of nitrogens with zero attached hydrogens (tertiary/aromatic N) is 2. The fraction of sp³-hybridized carbons (Fsp3) is 0.370. The molecule has 0 atom stereocenters. The molecular weight excluding hydrogens is 508 g/mol. The maximum Gasteiger partial charge on any atom is 0.350 e. The molecule has 0 spiro atoms. The number of H-pyrrole nitrogens is 2. The van der Waals surface area contributed by atoms with Crippen molar-refractivity contribution in [1.29, 1.82) is 0 Å². The van der Waals surface area contributed by atoms with Gasteiger partial charge in [-0.1, -0.05) is 67.8 Å². The van der Waals surface area contributed by atoms with E-state index < -0.39 is 11.2 Å². The number of aromatic amines is 2. The SMILES string of the molecule is CCCCCCCCCCOc1ccc(/C=N\n2c(=O)[nH]c3c([nH]c4ccc(Br)cc43)c2=O)cc1. The molecule has 0 aliphatic carbocycles. The summed E-state index contributed by atoms with van der Waals surface area (Å²) in [5.41, 5.74) is 1.21. The number of unbranched alkanes of at least 4 members (excludes halogenated alkanes) is 7. The fourth-order valence-corrected chi connectivity index (χ4v) is 4.48. The summed E-state index contributed by atoms with van der Waals surface area (Å²) in [6, 6.07) is 13.0. The van der Waals surface area contributed by atoms with Crippen LogP contribution in [0.3, 0.4) is 0 Å². The highest BCUT2D eigenvalue weighted by Gasteiger charge is 2.12. The summed E-state index contributed by atoms with van der Waals surface area (Å²) in [5, 5.41) is 4.90. The van der Waals surface area contributed by atoms with Crippen LogP contribution >= 0.6 is 15.9 Å². The van der Waals surface area contributed by atoms with Crippen LogP contribution in [0.5, 0.6) is 5.75 Å². The topological polar surface area (TPSA) is 92.2 Å². The summed E-state index contributed by atoms with van der Waals surface area (Å²) in [5.74, 6) is 0.797. The number of rotatable bonds is 12. The van der Waals surface area contributed by atoms with Gasteiger partial charge in [0.2, 0.25) is 0 Å². The molecule has 2 aromatic carbocycles. The zero-order valence-corrected chi connectivity index (χ0v) is 21.6. The molecule has 0 saturated heterocycles. The zero-order chi connectivity index (χ0) is 24.6. The quantitative estimate of drug-likeness (QED) is 0.163. The Morgan fingerprint density at radius 3 is 2.37 bits per heavy atom. The first-order valence-electron chi connectivity index (χ1n) is 12.3. The standard InChI is InChI=1S/C27H31BrN4O3/c1-2-3-4-5-6-7-8-9-16-35-21-13-10-19(11-14-21)18-29-32-26(33)25-24(31-27(32)34)22-17-20(28)12-15-23(22)30-25/h10-15,17-18,30H,2-9,16H2,1H3,(H,31,34)/b29-18-. The minimum atomic E-state index is -0.593. The van der Waals surface area contributed by atoms with Gasteiger partial charge in [-0.2, -0.15) is 5.10 Å². The molecule has 0 radical (unpaired) electrons. The van der Waals surface area contributed by atoms with Gasteiger partial charge in [-0.15, -0.1) is 4.68 Å². The molecule has 0 unspecified atom stereocenters. The number of benzene rings is 2. The van der Waals surface area contributed by atoms with E-state index in [0.717, 1.165) is 37.8 Å². The third-order valence-corrected chi connectivity index (χ3v) is 6.55. The zero-order valence-electron chi connectivity index (χ0n) is 20.0. The van der Waals surface area contributed by atoms with Crippen LogP contribution in [-0.4, -0.2) is 27.5 Å². The van der Waals surface area contributed by atoms with Crippen molar-refractivity contribution in [3.05, 3.63) is 73.3 Å². The average molecular weight is 539 g/mol. The summed E-state index contributed by atoms with van der Waals surface area (Å²) in [6.45, 7) is 2.94. The van der Waals surface area contributed by atoms with E-state index in [0.29, 0.717) is 17.6 Å². The van der Waals surface area contributed by atoms with Crippen molar-refractivity contribution in [2.75, 3.05) is 6.61 Å². The molecular formula is C27H31BrN4O3. The molecule has 35 heavy (non-hydrogen) atoms. The number of ether oxygens (including phenoxy) is 1. The molecule has 0 bridgehead atoms. The second kappa shape index (κ2) is 12.0. The maximum absolute atomic E-state index is 12.9. The predicted molar refractivity (Wildman–Crippen MR) is 146 cm³/mol. The van der Waals surface area contributed by atoms with Gasteiger partial charge in [-0.3, -0.25) is 4.79 Å².